The lowest BCUT2D eigenvalue weighted by Gasteiger charge is -2.45. The zero-order valence-electron chi connectivity index (χ0n) is 13.5. The van der Waals surface area contributed by atoms with Gasteiger partial charge in [0.15, 0.2) is 0 Å². The normalized spacial score (nSPS) is 29.4. The van der Waals surface area contributed by atoms with Crippen LogP contribution < -0.4 is 10.5 Å². The van der Waals surface area contributed by atoms with Crippen molar-refractivity contribution in [3.05, 3.63) is 29.3 Å². The van der Waals surface area contributed by atoms with Crippen LogP contribution in [0.4, 0.5) is 0 Å². The Hall–Kier alpha value is -1.02. The molecule has 0 saturated heterocycles. The molecule has 0 bridgehead atoms. The lowest BCUT2D eigenvalue weighted by atomic mass is 9.61. The average molecular weight is 288 g/mol. The standard InChI is InChI=1S/C19H29NO/c1-3-6-19(20)18-11-13-9-10-14(21-2)12-17(13)15-7-4-5-8-16(15)18/h9-10,12,15-16,18-19H,3-8,11,20H2,1-2H3/t15?,16?,18-,19?/m1/s1/i2+1. The summed E-state index contributed by atoms with van der Waals surface area (Å²) in [5.74, 6) is 3.19. The van der Waals surface area contributed by atoms with Gasteiger partial charge in [-0.1, -0.05) is 32.3 Å². The van der Waals surface area contributed by atoms with Crippen molar-refractivity contribution in [2.24, 2.45) is 17.6 Å². The van der Waals surface area contributed by atoms with Crippen LogP contribution in [0.5, 0.6) is 5.75 Å². The summed E-state index contributed by atoms with van der Waals surface area (Å²) in [6.45, 7) is 2.25. The Morgan fingerprint density at radius 2 is 2.10 bits per heavy atom. The number of methoxy groups -OCH3 is 1. The van der Waals surface area contributed by atoms with Crippen LogP contribution in [0, 0.1) is 11.8 Å². The zero-order chi connectivity index (χ0) is 14.8. The van der Waals surface area contributed by atoms with Gasteiger partial charge in [-0.05, 0) is 66.7 Å². The van der Waals surface area contributed by atoms with Gasteiger partial charge in [0.25, 0.3) is 0 Å². The molecule has 0 radical (unpaired) electrons. The van der Waals surface area contributed by atoms with Crippen LogP contribution in [-0.2, 0) is 6.42 Å². The molecule has 3 rings (SSSR count). The number of hydrogen-bond acceptors (Lipinski definition) is 2. The number of nitrogens with two attached hydrogens (primary N) is 1. The predicted molar refractivity (Wildman–Crippen MR) is 87.8 cm³/mol. The quantitative estimate of drug-likeness (QED) is 0.840. The van der Waals surface area contributed by atoms with Crippen LogP contribution in [0.1, 0.15) is 62.5 Å². The van der Waals surface area contributed by atoms with E-state index >= 15 is 0 Å². The molecule has 2 heteroatoms. The molecular formula is C19H29NO. The minimum Gasteiger partial charge on any atom is -0.497 e. The van der Waals surface area contributed by atoms with Crippen molar-refractivity contribution >= 4 is 0 Å². The molecule has 1 aromatic carbocycles. The summed E-state index contributed by atoms with van der Waals surface area (Å²) in [4.78, 5) is 0. The second-order valence-electron chi connectivity index (χ2n) is 6.94. The van der Waals surface area contributed by atoms with E-state index in [4.69, 9.17) is 10.5 Å². The molecule has 21 heavy (non-hydrogen) atoms. The van der Waals surface area contributed by atoms with Crippen molar-refractivity contribution in [1.82, 2.24) is 0 Å². The Morgan fingerprint density at radius 1 is 1.29 bits per heavy atom. The largest absolute Gasteiger partial charge is 0.497 e. The summed E-state index contributed by atoms with van der Waals surface area (Å²) in [6, 6.07) is 7.06. The molecule has 0 aliphatic heterocycles. The Morgan fingerprint density at radius 3 is 2.86 bits per heavy atom. The Balaban J connectivity index is 1.94. The molecule has 3 unspecified atom stereocenters. The monoisotopic (exact) mass is 288 g/mol. The molecule has 0 heterocycles. The van der Waals surface area contributed by atoms with Crippen LogP contribution in [0.15, 0.2) is 18.2 Å². The summed E-state index contributed by atoms with van der Waals surface area (Å²) in [5, 5.41) is 0. The molecule has 2 N–H and O–H groups in total. The first-order valence-corrected chi connectivity index (χ1v) is 8.67. The SMILES string of the molecule is CCCC(N)[C@@H]1Cc2ccc(O[13CH3])cc2C2CCCCC21. The highest BCUT2D eigenvalue weighted by Crippen LogP contribution is 2.49. The average Bonchev–Trinajstić information content (AvgIpc) is 2.53. The molecule has 2 aliphatic carbocycles. The number of benzene rings is 1. The lowest BCUT2D eigenvalue weighted by Crippen LogP contribution is -2.42. The van der Waals surface area contributed by atoms with E-state index in [1.54, 1.807) is 12.7 Å². The predicted octanol–water partition coefficient (Wildman–Crippen LogP) is 4.27. The highest BCUT2D eigenvalue weighted by atomic mass is 16.5. The van der Waals surface area contributed by atoms with Gasteiger partial charge >= 0.3 is 0 Å². The molecule has 1 fully saturated rings. The van der Waals surface area contributed by atoms with E-state index in [2.05, 4.69) is 25.1 Å². The van der Waals surface area contributed by atoms with E-state index in [1.807, 2.05) is 0 Å². The highest BCUT2D eigenvalue weighted by Gasteiger charge is 2.40. The first-order chi connectivity index (χ1) is 10.2. The first-order valence-electron chi connectivity index (χ1n) is 8.67. The molecule has 0 aromatic heterocycles. The Labute approximate surface area is 129 Å². The van der Waals surface area contributed by atoms with Crippen molar-refractivity contribution in [3.63, 3.8) is 0 Å². The zero-order valence-corrected chi connectivity index (χ0v) is 13.5. The van der Waals surface area contributed by atoms with E-state index < -0.39 is 0 Å². The fraction of sp³-hybridized carbons (Fsp3) is 0.684. The molecule has 4 atom stereocenters. The van der Waals surface area contributed by atoms with E-state index in [1.165, 1.54) is 50.5 Å². The maximum Gasteiger partial charge on any atom is 0.119 e. The maximum atomic E-state index is 6.55. The smallest absolute Gasteiger partial charge is 0.119 e. The van der Waals surface area contributed by atoms with E-state index in [0.717, 1.165) is 11.7 Å². The van der Waals surface area contributed by atoms with Crippen molar-refractivity contribution in [1.29, 1.82) is 0 Å². The summed E-state index contributed by atoms with van der Waals surface area (Å²) >= 11 is 0. The third-order valence-electron chi connectivity index (χ3n) is 5.75. The van der Waals surface area contributed by atoms with Crippen LogP contribution in [0.3, 0.4) is 0 Å². The Bertz CT molecular complexity index is 484. The second-order valence-corrected chi connectivity index (χ2v) is 6.94. The summed E-state index contributed by atoms with van der Waals surface area (Å²) < 4.78 is 5.45. The van der Waals surface area contributed by atoms with Gasteiger partial charge < -0.3 is 10.5 Å². The third-order valence-corrected chi connectivity index (χ3v) is 5.75. The van der Waals surface area contributed by atoms with Crippen molar-refractivity contribution < 1.29 is 4.74 Å². The molecule has 116 valence electrons. The molecule has 0 spiro atoms. The minimum absolute atomic E-state index is 0.371. The van der Waals surface area contributed by atoms with Crippen molar-refractivity contribution in [3.8, 4) is 5.75 Å². The van der Waals surface area contributed by atoms with Gasteiger partial charge in [-0.3, -0.25) is 0 Å². The van der Waals surface area contributed by atoms with Gasteiger partial charge in [0.1, 0.15) is 5.75 Å². The van der Waals surface area contributed by atoms with E-state index in [9.17, 15) is 0 Å². The van der Waals surface area contributed by atoms with Gasteiger partial charge in [0, 0.05) is 6.04 Å². The maximum absolute atomic E-state index is 6.55. The topological polar surface area (TPSA) is 35.2 Å². The molecule has 2 aliphatic rings. The fourth-order valence-electron chi connectivity index (χ4n) is 4.71. The minimum atomic E-state index is 0.371. The van der Waals surface area contributed by atoms with E-state index in [0.29, 0.717) is 17.9 Å². The number of hydrogen-bond donors (Lipinski definition) is 1. The molecular weight excluding hydrogens is 259 g/mol. The molecule has 1 saturated carbocycles. The first kappa shape index (κ1) is 14.9. The Kier molecular flexibility index (Phi) is 4.54. The molecule has 2 nitrogen and oxygen atoms in total. The number of fused-ring (bicyclic) bond motifs is 3. The van der Waals surface area contributed by atoms with Crippen LogP contribution in [0.2, 0.25) is 0 Å². The van der Waals surface area contributed by atoms with Gasteiger partial charge in [-0.25, -0.2) is 0 Å². The van der Waals surface area contributed by atoms with Crippen molar-refractivity contribution in [2.75, 3.05) is 7.11 Å². The van der Waals surface area contributed by atoms with Crippen molar-refractivity contribution in [2.45, 2.75) is 63.8 Å². The van der Waals surface area contributed by atoms with Crippen LogP contribution >= 0.6 is 0 Å². The number of rotatable bonds is 4. The van der Waals surface area contributed by atoms with Gasteiger partial charge in [0.2, 0.25) is 0 Å². The summed E-state index contributed by atoms with van der Waals surface area (Å²) in [7, 11) is 1.77. The second kappa shape index (κ2) is 6.39. The molecule has 1 aromatic rings. The molecule has 0 amide bonds. The fourth-order valence-corrected chi connectivity index (χ4v) is 4.71. The third kappa shape index (κ3) is 2.83. The summed E-state index contributed by atoms with van der Waals surface area (Å²) in [6.07, 6.45) is 8.98. The van der Waals surface area contributed by atoms with Gasteiger partial charge in [0.05, 0.1) is 7.11 Å². The van der Waals surface area contributed by atoms with E-state index in [-0.39, 0.29) is 0 Å². The summed E-state index contributed by atoms with van der Waals surface area (Å²) in [5.41, 5.74) is 9.63. The van der Waals surface area contributed by atoms with Crippen LogP contribution in [-0.4, -0.2) is 13.2 Å². The number of ether oxygens (including phenoxy) is 1. The van der Waals surface area contributed by atoms with Crippen LogP contribution in [0.25, 0.3) is 0 Å². The van der Waals surface area contributed by atoms with Gasteiger partial charge in [-0.2, -0.15) is 0 Å². The lowest BCUT2D eigenvalue weighted by molar-refractivity contribution is 0.164. The van der Waals surface area contributed by atoms with Gasteiger partial charge in [-0.15, -0.1) is 0 Å². The highest BCUT2D eigenvalue weighted by molar-refractivity contribution is 5.41.